The second kappa shape index (κ2) is 5.22. The van der Waals surface area contributed by atoms with Crippen molar-refractivity contribution in [2.45, 2.75) is 18.2 Å². The molecule has 0 aliphatic carbocycles. The van der Waals surface area contributed by atoms with Gasteiger partial charge in [-0.05, 0) is 17.7 Å². The van der Waals surface area contributed by atoms with Gasteiger partial charge >= 0.3 is 0 Å². The summed E-state index contributed by atoms with van der Waals surface area (Å²) < 4.78 is 26.2. The highest BCUT2D eigenvalue weighted by Crippen LogP contribution is 2.14. The van der Waals surface area contributed by atoms with Crippen molar-refractivity contribution in [2.24, 2.45) is 0 Å². The lowest BCUT2D eigenvalue weighted by molar-refractivity contribution is -0.137. The predicted molar refractivity (Wildman–Crippen MR) is 72.8 cm³/mol. The van der Waals surface area contributed by atoms with E-state index in [4.69, 9.17) is 5.73 Å². The Hall–Kier alpha value is -1.93. The molecule has 2 rings (SSSR count). The predicted octanol–water partition coefficient (Wildman–Crippen LogP) is -0.554. The number of nitrogens with one attached hydrogen (secondary N) is 1. The van der Waals surface area contributed by atoms with Crippen LogP contribution in [0.3, 0.4) is 0 Å². The Labute approximate surface area is 116 Å². The number of imide groups is 1. The summed E-state index contributed by atoms with van der Waals surface area (Å²) in [5.41, 5.74) is 6.61. The van der Waals surface area contributed by atoms with Crippen molar-refractivity contribution >= 4 is 27.5 Å². The lowest BCUT2D eigenvalue weighted by Gasteiger charge is -2.11. The first-order chi connectivity index (χ1) is 9.28. The van der Waals surface area contributed by atoms with Gasteiger partial charge in [0.15, 0.2) is 0 Å². The van der Waals surface area contributed by atoms with Gasteiger partial charge in [0.05, 0.1) is 12.2 Å². The summed E-state index contributed by atoms with van der Waals surface area (Å²) in [4.78, 5) is 23.9. The van der Waals surface area contributed by atoms with Crippen LogP contribution in [-0.2, 0) is 25.4 Å². The number of likely N-dealkylation sites (tertiary alicyclic amines) is 1. The molecule has 7 nitrogen and oxygen atoms in total. The maximum Gasteiger partial charge on any atom is 0.247 e. The molecule has 1 atom stereocenters. The van der Waals surface area contributed by atoms with Gasteiger partial charge in [0.1, 0.15) is 6.04 Å². The van der Waals surface area contributed by atoms with Crippen LogP contribution in [0, 0.1) is 0 Å². The molecule has 8 heteroatoms. The molecular formula is C12H15N3O4S. The number of rotatable bonds is 4. The number of amides is 2. The van der Waals surface area contributed by atoms with Crippen LogP contribution in [0.1, 0.15) is 12.0 Å². The van der Waals surface area contributed by atoms with Gasteiger partial charge in [0, 0.05) is 12.7 Å². The summed E-state index contributed by atoms with van der Waals surface area (Å²) in [5.74, 6) is -1.19. The van der Waals surface area contributed by atoms with Crippen molar-refractivity contribution in [1.29, 1.82) is 0 Å². The van der Waals surface area contributed by atoms with Gasteiger partial charge < -0.3 is 5.73 Å². The molecule has 108 valence electrons. The highest BCUT2D eigenvalue weighted by atomic mass is 32.2. The molecule has 0 aromatic heterocycles. The molecule has 1 aromatic rings. The summed E-state index contributed by atoms with van der Waals surface area (Å²) >= 11 is 0. The molecule has 1 unspecified atom stereocenters. The summed E-state index contributed by atoms with van der Waals surface area (Å²) in [7, 11) is -2.37. The molecule has 0 bridgehead atoms. The Morgan fingerprint density at radius 3 is 2.40 bits per heavy atom. The Kier molecular flexibility index (Phi) is 3.78. The van der Waals surface area contributed by atoms with Crippen LogP contribution in [-0.4, -0.2) is 38.2 Å². The molecule has 0 saturated carbocycles. The van der Waals surface area contributed by atoms with Crippen LogP contribution in [0.5, 0.6) is 0 Å². The fraction of sp³-hybridized carbons (Fsp3) is 0.333. The molecule has 0 spiro atoms. The minimum absolute atomic E-state index is 0.143. The highest BCUT2D eigenvalue weighted by molar-refractivity contribution is 7.88. The van der Waals surface area contributed by atoms with E-state index in [9.17, 15) is 18.0 Å². The normalized spacial score (nSPS) is 19.6. The number of nitrogen functional groups attached to an aromatic ring is 1. The second-order valence-electron chi connectivity index (χ2n) is 4.67. The van der Waals surface area contributed by atoms with Crippen molar-refractivity contribution in [1.82, 2.24) is 9.62 Å². The molecule has 1 aliphatic rings. The summed E-state index contributed by atoms with van der Waals surface area (Å²) in [5, 5.41) is 0. The Balaban J connectivity index is 2.07. The van der Waals surface area contributed by atoms with E-state index in [1.54, 1.807) is 24.3 Å². The third-order valence-corrected chi connectivity index (χ3v) is 4.40. The standard InChI is InChI=1S/C12H15N3O4S/c1-15-11(16)6-10(12(15)17)14-20(18,19)7-8-2-4-9(13)5-3-8/h2-5,10,14H,6-7,13H2,1H3. The smallest absolute Gasteiger partial charge is 0.247 e. The van der Waals surface area contributed by atoms with Crippen molar-refractivity contribution in [3.05, 3.63) is 29.8 Å². The molecular weight excluding hydrogens is 282 g/mol. The topological polar surface area (TPSA) is 110 Å². The molecule has 1 aromatic carbocycles. The van der Waals surface area contributed by atoms with Crippen LogP contribution in [0.15, 0.2) is 24.3 Å². The fourth-order valence-corrected chi connectivity index (χ4v) is 3.27. The van der Waals surface area contributed by atoms with E-state index >= 15 is 0 Å². The quantitative estimate of drug-likeness (QED) is 0.572. The van der Waals surface area contributed by atoms with Gasteiger partial charge in [-0.15, -0.1) is 0 Å². The van der Waals surface area contributed by atoms with Crippen molar-refractivity contribution < 1.29 is 18.0 Å². The number of carbonyl (C=O) groups excluding carboxylic acids is 2. The van der Waals surface area contributed by atoms with Crippen LogP contribution in [0.4, 0.5) is 5.69 Å². The van der Waals surface area contributed by atoms with Crippen molar-refractivity contribution in [3.63, 3.8) is 0 Å². The van der Waals surface area contributed by atoms with Gasteiger partial charge in [0.25, 0.3) is 0 Å². The van der Waals surface area contributed by atoms with Crippen LogP contribution in [0.2, 0.25) is 0 Å². The molecule has 1 saturated heterocycles. The molecule has 1 heterocycles. The SMILES string of the molecule is CN1C(=O)CC(NS(=O)(=O)Cc2ccc(N)cc2)C1=O. The van der Waals surface area contributed by atoms with E-state index in [1.807, 2.05) is 0 Å². The maximum atomic E-state index is 12.0. The minimum Gasteiger partial charge on any atom is -0.399 e. The first kappa shape index (κ1) is 14.5. The third kappa shape index (κ3) is 3.14. The monoisotopic (exact) mass is 297 g/mol. The molecule has 1 fully saturated rings. The summed E-state index contributed by atoms with van der Waals surface area (Å²) in [6, 6.07) is 5.39. The number of nitrogens with zero attached hydrogens (tertiary/aromatic N) is 1. The first-order valence-corrected chi connectivity index (χ1v) is 7.58. The second-order valence-corrected chi connectivity index (χ2v) is 6.42. The zero-order valence-electron chi connectivity index (χ0n) is 10.9. The number of nitrogens with two attached hydrogens (primary N) is 1. The van der Waals surface area contributed by atoms with E-state index in [2.05, 4.69) is 4.72 Å². The van der Waals surface area contributed by atoms with Crippen molar-refractivity contribution in [2.75, 3.05) is 12.8 Å². The first-order valence-electron chi connectivity index (χ1n) is 5.93. The Morgan fingerprint density at radius 1 is 1.30 bits per heavy atom. The van der Waals surface area contributed by atoms with E-state index in [1.165, 1.54) is 7.05 Å². The largest absolute Gasteiger partial charge is 0.399 e. The van der Waals surface area contributed by atoms with Crippen LogP contribution >= 0.6 is 0 Å². The molecule has 1 aliphatic heterocycles. The number of carbonyl (C=O) groups is 2. The van der Waals surface area contributed by atoms with Crippen LogP contribution < -0.4 is 10.5 Å². The highest BCUT2D eigenvalue weighted by Gasteiger charge is 2.38. The summed E-state index contributed by atoms with van der Waals surface area (Å²) in [6.07, 6.45) is -0.143. The lowest BCUT2D eigenvalue weighted by atomic mass is 10.2. The van der Waals surface area contributed by atoms with Gasteiger partial charge in [-0.1, -0.05) is 12.1 Å². The van der Waals surface area contributed by atoms with Gasteiger partial charge in [-0.3, -0.25) is 14.5 Å². The lowest BCUT2D eigenvalue weighted by Crippen LogP contribution is -2.41. The average Bonchev–Trinajstić information content (AvgIpc) is 2.59. The van der Waals surface area contributed by atoms with Gasteiger partial charge in [-0.2, -0.15) is 0 Å². The fourth-order valence-electron chi connectivity index (χ4n) is 1.94. The Bertz CT molecular complexity index is 639. The Morgan fingerprint density at radius 2 is 1.90 bits per heavy atom. The molecule has 2 amide bonds. The minimum atomic E-state index is -3.70. The van der Waals surface area contributed by atoms with E-state index in [0.717, 1.165) is 4.90 Å². The molecule has 0 radical (unpaired) electrons. The van der Waals surface area contributed by atoms with Crippen molar-refractivity contribution in [3.8, 4) is 0 Å². The van der Waals surface area contributed by atoms with E-state index < -0.39 is 27.9 Å². The molecule has 3 N–H and O–H groups in total. The van der Waals surface area contributed by atoms with E-state index in [-0.39, 0.29) is 12.2 Å². The third-order valence-electron chi connectivity index (χ3n) is 3.04. The number of likely N-dealkylation sites (N-methyl/N-ethyl adjacent to an activating group) is 1. The zero-order valence-corrected chi connectivity index (χ0v) is 11.7. The van der Waals surface area contributed by atoms with Gasteiger partial charge in [0.2, 0.25) is 21.8 Å². The van der Waals surface area contributed by atoms with Gasteiger partial charge in [-0.25, -0.2) is 13.1 Å². The summed E-state index contributed by atoms with van der Waals surface area (Å²) in [6.45, 7) is 0. The zero-order chi connectivity index (χ0) is 14.9. The number of hydrogen-bond donors (Lipinski definition) is 2. The van der Waals surface area contributed by atoms with E-state index in [0.29, 0.717) is 11.3 Å². The number of benzene rings is 1. The maximum absolute atomic E-state index is 12.0. The number of sulfonamides is 1. The molecule has 20 heavy (non-hydrogen) atoms. The average molecular weight is 297 g/mol. The number of anilines is 1. The number of hydrogen-bond acceptors (Lipinski definition) is 5. The van der Waals surface area contributed by atoms with Crippen LogP contribution in [0.25, 0.3) is 0 Å².